The molecule has 0 radical (unpaired) electrons. The summed E-state index contributed by atoms with van der Waals surface area (Å²) in [5, 5.41) is 0. The summed E-state index contributed by atoms with van der Waals surface area (Å²) in [4.78, 5) is 0. The molecule has 3 N–H and O–H groups in total. The van der Waals surface area contributed by atoms with Crippen LogP contribution in [0.15, 0.2) is 18.2 Å². The third-order valence-electron chi connectivity index (χ3n) is 2.58. The molecule has 7 heteroatoms. The molecule has 20 heavy (non-hydrogen) atoms. The molecule has 1 aromatic carbocycles. The zero-order chi connectivity index (χ0) is 15.2. The quantitative estimate of drug-likeness (QED) is 0.800. The van der Waals surface area contributed by atoms with Crippen LogP contribution in [0, 0.1) is 17.7 Å². The Kier molecular flexibility index (Phi) is 5.95. The largest absolute Gasteiger partial charge is 0.320 e. The van der Waals surface area contributed by atoms with Crippen molar-refractivity contribution in [2.45, 2.75) is 13.8 Å². The van der Waals surface area contributed by atoms with Gasteiger partial charge in [-0.2, -0.15) is 12.7 Å². The molecule has 0 bridgehead atoms. The van der Waals surface area contributed by atoms with E-state index in [0.29, 0.717) is 13.1 Å². The first-order chi connectivity index (χ1) is 9.44. The minimum absolute atomic E-state index is 0.106. The van der Waals surface area contributed by atoms with Crippen LogP contribution in [-0.4, -0.2) is 32.4 Å². The number of benzene rings is 1. The summed E-state index contributed by atoms with van der Waals surface area (Å²) in [5.41, 5.74) is 5.60. The number of hydrogen-bond acceptors (Lipinski definition) is 3. The Morgan fingerprint density at radius 3 is 2.55 bits per heavy atom. The first-order valence-electron chi connectivity index (χ1n) is 6.21. The number of nitrogens with zero attached hydrogens (tertiary/aromatic N) is 1. The van der Waals surface area contributed by atoms with Crippen molar-refractivity contribution in [3.8, 4) is 11.8 Å². The van der Waals surface area contributed by atoms with Crippen LogP contribution in [0.1, 0.15) is 19.4 Å². The molecule has 0 aliphatic heterocycles. The molecule has 0 spiro atoms. The van der Waals surface area contributed by atoms with Gasteiger partial charge in [0.25, 0.3) is 0 Å². The van der Waals surface area contributed by atoms with Gasteiger partial charge in [-0.25, -0.2) is 4.39 Å². The smallest absolute Gasteiger partial charge is 0.301 e. The molecule has 0 saturated heterocycles. The molecule has 1 aromatic rings. The number of hydrogen-bond donors (Lipinski definition) is 2. The van der Waals surface area contributed by atoms with E-state index in [1.54, 1.807) is 13.8 Å². The lowest BCUT2D eigenvalue weighted by Crippen LogP contribution is -2.35. The fraction of sp³-hybridized carbons (Fsp3) is 0.385. The zero-order valence-corrected chi connectivity index (χ0v) is 12.3. The fourth-order valence-corrected chi connectivity index (χ4v) is 2.84. The number of halogens is 1. The van der Waals surface area contributed by atoms with E-state index in [0.717, 1.165) is 0 Å². The van der Waals surface area contributed by atoms with Crippen molar-refractivity contribution in [3.63, 3.8) is 0 Å². The van der Waals surface area contributed by atoms with Gasteiger partial charge in [-0.05, 0) is 18.2 Å². The molecule has 0 aliphatic rings. The summed E-state index contributed by atoms with van der Waals surface area (Å²) in [6, 6.07) is 3.86. The van der Waals surface area contributed by atoms with Gasteiger partial charge in [0, 0.05) is 13.1 Å². The molecule has 0 fully saturated rings. The number of nitrogens with two attached hydrogens (primary N) is 1. The Labute approximate surface area is 119 Å². The maximum atomic E-state index is 13.5. The number of nitrogens with one attached hydrogen (secondary N) is 1. The Morgan fingerprint density at radius 1 is 1.35 bits per heavy atom. The summed E-state index contributed by atoms with van der Waals surface area (Å²) < 4.78 is 41.2. The lowest BCUT2D eigenvalue weighted by molar-refractivity contribution is 0.449. The van der Waals surface area contributed by atoms with Gasteiger partial charge in [-0.15, -0.1) is 0 Å². The van der Waals surface area contributed by atoms with Crippen LogP contribution in [-0.2, 0) is 10.2 Å². The standard InChI is InChI=1S/C13H18FN3O2S/c1-3-17(4-2)20(18,19)16-12-7-8-13(14)11(10-12)6-5-9-15/h7-8,10,16H,3-4,9,15H2,1-2H3. The van der Waals surface area contributed by atoms with Gasteiger partial charge in [0.1, 0.15) is 5.82 Å². The van der Waals surface area contributed by atoms with Crippen molar-refractivity contribution in [3.05, 3.63) is 29.6 Å². The molecule has 0 atom stereocenters. The minimum Gasteiger partial charge on any atom is -0.320 e. The summed E-state index contributed by atoms with van der Waals surface area (Å²) in [5.74, 6) is 4.57. The summed E-state index contributed by atoms with van der Waals surface area (Å²) in [7, 11) is -3.64. The normalized spacial score (nSPS) is 11.1. The van der Waals surface area contributed by atoms with Crippen molar-refractivity contribution in [2.24, 2.45) is 5.73 Å². The highest BCUT2D eigenvalue weighted by molar-refractivity contribution is 7.90. The van der Waals surface area contributed by atoms with E-state index in [1.165, 1.54) is 22.5 Å². The molecule has 110 valence electrons. The molecule has 0 aliphatic carbocycles. The molecular formula is C13H18FN3O2S. The van der Waals surface area contributed by atoms with E-state index in [2.05, 4.69) is 16.6 Å². The second kappa shape index (κ2) is 7.24. The van der Waals surface area contributed by atoms with E-state index in [1.807, 2.05) is 0 Å². The first-order valence-corrected chi connectivity index (χ1v) is 7.65. The molecule has 5 nitrogen and oxygen atoms in total. The van der Waals surface area contributed by atoms with Gasteiger partial charge in [0.15, 0.2) is 0 Å². The average Bonchev–Trinajstić information content (AvgIpc) is 2.40. The van der Waals surface area contributed by atoms with Crippen LogP contribution < -0.4 is 10.5 Å². The van der Waals surface area contributed by atoms with Crippen LogP contribution in [0.25, 0.3) is 0 Å². The highest BCUT2D eigenvalue weighted by Crippen LogP contribution is 2.16. The van der Waals surface area contributed by atoms with Crippen LogP contribution in [0.4, 0.5) is 10.1 Å². The van der Waals surface area contributed by atoms with Gasteiger partial charge >= 0.3 is 10.2 Å². The van der Waals surface area contributed by atoms with E-state index in [-0.39, 0.29) is 17.8 Å². The van der Waals surface area contributed by atoms with Crippen LogP contribution in [0.5, 0.6) is 0 Å². The van der Waals surface area contributed by atoms with Crippen LogP contribution in [0.2, 0.25) is 0 Å². The highest BCUT2D eigenvalue weighted by atomic mass is 32.2. The minimum atomic E-state index is -3.64. The van der Waals surface area contributed by atoms with Crippen molar-refractivity contribution in [1.29, 1.82) is 0 Å². The molecular weight excluding hydrogens is 281 g/mol. The molecule has 1 rings (SSSR count). The van der Waals surface area contributed by atoms with E-state index in [9.17, 15) is 12.8 Å². The molecule has 0 heterocycles. The highest BCUT2D eigenvalue weighted by Gasteiger charge is 2.18. The van der Waals surface area contributed by atoms with Crippen LogP contribution >= 0.6 is 0 Å². The lowest BCUT2D eigenvalue weighted by Gasteiger charge is -2.19. The molecule has 0 saturated carbocycles. The Bertz CT molecular complexity index is 616. The lowest BCUT2D eigenvalue weighted by atomic mass is 10.2. The van der Waals surface area contributed by atoms with Crippen molar-refractivity contribution < 1.29 is 12.8 Å². The molecule has 0 aromatic heterocycles. The van der Waals surface area contributed by atoms with E-state index >= 15 is 0 Å². The molecule has 0 amide bonds. The van der Waals surface area contributed by atoms with Crippen molar-refractivity contribution in [2.75, 3.05) is 24.4 Å². The summed E-state index contributed by atoms with van der Waals surface area (Å²) in [6.45, 7) is 4.30. The van der Waals surface area contributed by atoms with Gasteiger partial charge in [-0.1, -0.05) is 25.7 Å². The number of rotatable bonds is 5. The van der Waals surface area contributed by atoms with E-state index < -0.39 is 16.0 Å². The van der Waals surface area contributed by atoms with Gasteiger partial charge in [0.05, 0.1) is 17.8 Å². The maximum absolute atomic E-state index is 13.5. The third kappa shape index (κ3) is 4.20. The summed E-state index contributed by atoms with van der Waals surface area (Å²) in [6.07, 6.45) is 0. The van der Waals surface area contributed by atoms with Gasteiger partial charge < -0.3 is 5.73 Å². The SMILES string of the molecule is CCN(CC)S(=O)(=O)Nc1ccc(F)c(C#CCN)c1. The van der Waals surface area contributed by atoms with Gasteiger partial charge in [0.2, 0.25) is 0 Å². The topological polar surface area (TPSA) is 75.4 Å². The summed E-state index contributed by atoms with van der Waals surface area (Å²) >= 11 is 0. The average molecular weight is 299 g/mol. The second-order valence-electron chi connectivity index (χ2n) is 3.89. The first kappa shape index (κ1) is 16.4. The maximum Gasteiger partial charge on any atom is 0.301 e. The zero-order valence-electron chi connectivity index (χ0n) is 11.5. The molecule has 0 unspecified atom stereocenters. The van der Waals surface area contributed by atoms with Gasteiger partial charge in [-0.3, -0.25) is 4.72 Å². The van der Waals surface area contributed by atoms with E-state index in [4.69, 9.17) is 5.73 Å². The third-order valence-corrected chi connectivity index (χ3v) is 4.27. The predicted molar refractivity (Wildman–Crippen MR) is 77.8 cm³/mol. The van der Waals surface area contributed by atoms with Crippen molar-refractivity contribution in [1.82, 2.24) is 4.31 Å². The van der Waals surface area contributed by atoms with Crippen LogP contribution in [0.3, 0.4) is 0 Å². The Balaban J connectivity index is 3.05. The van der Waals surface area contributed by atoms with Crippen molar-refractivity contribution >= 4 is 15.9 Å². The fourth-order valence-electron chi connectivity index (χ4n) is 1.61. The predicted octanol–water partition coefficient (Wildman–Crippen LogP) is 1.13. The Hall–Kier alpha value is -1.62. The Morgan fingerprint density at radius 2 is 2.00 bits per heavy atom. The monoisotopic (exact) mass is 299 g/mol. The number of anilines is 1. The second-order valence-corrected chi connectivity index (χ2v) is 5.56.